The fourth-order valence-electron chi connectivity index (χ4n) is 2.85. The fraction of sp³-hybridized carbons (Fsp3) is 0.222. The first kappa shape index (κ1) is 18.8. The molecule has 1 heterocycles. The zero-order valence-corrected chi connectivity index (χ0v) is 15.2. The van der Waals surface area contributed by atoms with E-state index in [-0.39, 0.29) is 28.4 Å². The Kier molecular flexibility index (Phi) is 5.41. The minimum atomic E-state index is -0.791. The highest BCUT2D eigenvalue weighted by atomic mass is 32.2. The van der Waals surface area contributed by atoms with Crippen molar-refractivity contribution in [2.75, 3.05) is 16.9 Å². The summed E-state index contributed by atoms with van der Waals surface area (Å²) < 4.78 is 13.8. The van der Waals surface area contributed by atoms with E-state index < -0.39 is 28.6 Å². The van der Waals surface area contributed by atoms with Gasteiger partial charge >= 0.3 is 0 Å². The van der Waals surface area contributed by atoms with Gasteiger partial charge in [-0.05, 0) is 25.1 Å². The van der Waals surface area contributed by atoms with E-state index in [0.29, 0.717) is 5.75 Å². The Morgan fingerprint density at radius 2 is 2.00 bits per heavy atom. The van der Waals surface area contributed by atoms with Crippen LogP contribution in [0.3, 0.4) is 0 Å². The number of nitrogens with zero attached hydrogens (tertiary/aromatic N) is 2. The monoisotopic (exact) mass is 389 g/mol. The number of hydrogen-bond donors (Lipinski definition) is 1. The number of amides is 2. The SMILES string of the molecule is Cc1c(C(=O)N2CSC[C@@H]2C(=O)Nc2ccccc2F)cccc1[N+](=O)[O-]. The maximum Gasteiger partial charge on any atom is 0.273 e. The van der Waals surface area contributed by atoms with Crippen molar-refractivity contribution in [3.63, 3.8) is 0 Å². The van der Waals surface area contributed by atoms with Crippen LogP contribution in [0.15, 0.2) is 42.5 Å². The minimum absolute atomic E-state index is 0.0401. The molecule has 0 radical (unpaired) electrons. The number of rotatable bonds is 4. The van der Waals surface area contributed by atoms with Crippen molar-refractivity contribution >= 4 is 35.0 Å². The van der Waals surface area contributed by atoms with Gasteiger partial charge in [0.2, 0.25) is 5.91 Å². The van der Waals surface area contributed by atoms with Crippen molar-refractivity contribution in [3.8, 4) is 0 Å². The van der Waals surface area contributed by atoms with Crippen molar-refractivity contribution < 1.29 is 18.9 Å². The average molecular weight is 389 g/mol. The number of nitro benzene ring substituents is 1. The van der Waals surface area contributed by atoms with E-state index >= 15 is 0 Å². The summed E-state index contributed by atoms with van der Waals surface area (Å²) in [6.07, 6.45) is 0. The molecule has 1 saturated heterocycles. The molecule has 0 unspecified atom stereocenters. The lowest BCUT2D eigenvalue weighted by molar-refractivity contribution is -0.385. The van der Waals surface area contributed by atoms with E-state index in [1.165, 1.54) is 60.0 Å². The number of nitro groups is 1. The molecule has 1 aliphatic rings. The smallest absolute Gasteiger partial charge is 0.273 e. The van der Waals surface area contributed by atoms with Gasteiger partial charge in [0.15, 0.2) is 0 Å². The van der Waals surface area contributed by atoms with Gasteiger partial charge in [-0.2, -0.15) is 0 Å². The van der Waals surface area contributed by atoms with Crippen LogP contribution in [0.25, 0.3) is 0 Å². The molecular weight excluding hydrogens is 373 g/mol. The van der Waals surface area contributed by atoms with Gasteiger partial charge in [0.05, 0.1) is 16.5 Å². The molecule has 3 rings (SSSR count). The first-order chi connectivity index (χ1) is 12.9. The summed E-state index contributed by atoms with van der Waals surface area (Å²) in [6, 6.07) is 9.25. The Hall–Kier alpha value is -2.94. The number of benzene rings is 2. The van der Waals surface area contributed by atoms with Crippen LogP contribution in [0.2, 0.25) is 0 Å². The Bertz CT molecular complexity index is 921. The average Bonchev–Trinajstić information content (AvgIpc) is 3.13. The van der Waals surface area contributed by atoms with Gasteiger partial charge in [0, 0.05) is 22.9 Å². The van der Waals surface area contributed by atoms with Gasteiger partial charge in [0.25, 0.3) is 11.6 Å². The number of thioether (sulfide) groups is 1. The molecule has 2 aromatic carbocycles. The number of carbonyl (C=O) groups excluding carboxylic acids is 2. The molecule has 2 amide bonds. The summed E-state index contributed by atoms with van der Waals surface area (Å²) >= 11 is 1.39. The Morgan fingerprint density at radius 3 is 2.70 bits per heavy atom. The zero-order chi connectivity index (χ0) is 19.6. The zero-order valence-electron chi connectivity index (χ0n) is 14.3. The van der Waals surface area contributed by atoms with Gasteiger partial charge < -0.3 is 10.2 Å². The molecule has 140 valence electrons. The molecule has 1 N–H and O–H groups in total. The van der Waals surface area contributed by atoms with E-state index in [1.54, 1.807) is 6.07 Å². The minimum Gasteiger partial charge on any atom is -0.322 e. The molecule has 9 heteroatoms. The van der Waals surface area contributed by atoms with Crippen molar-refractivity contribution in [3.05, 3.63) is 69.5 Å². The van der Waals surface area contributed by atoms with Crippen molar-refractivity contribution in [2.45, 2.75) is 13.0 Å². The predicted octanol–water partition coefficient (Wildman–Crippen LogP) is 3.20. The summed E-state index contributed by atoms with van der Waals surface area (Å²) in [6.45, 7) is 1.50. The van der Waals surface area contributed by atoms with Crippen LogP contribution in [0.5, 0.6) is 0 Å². The highest BCUT2D eigenvalue weighted by Gasteiger charge is 2.36. The number of nitrogens with one attached hydrogen (secondary N) is 1. The van der Waals surface area contributed by atoms with Crippen LogP contribution in [0, 0.1) is 22.9 Å². The van der Waals surface area contributed by atoms with Gasteiger partial charge in [0.1, 0.15) is 11.9 Å². The first-order valence-corrected chi connectivity index (χ1v) is 9.23. The van der Waals surface area contributed by atoms with Gasteiger partial charge in [-0.3, -0.25) is 19.7 Å². The molecule has 2 aromatic rings. The fourth-order valence-corrected chi connectivity index (χ4v) is 4.00. The lowest BCUT2D eigenvalue weighted by Gasteiger charge is -2.23. The summed E-state index contributed by atoms with van der Waals surface area (Å²) in [5, 5.41) is 13.6. The third-order valence-corrected chi connectivity index (χ3v) is 5.32. The molecular formula is C18H16FN3O4S. The largest absolute Gasteiger partial charge is 0.322 e. The maximum atomic E-state index is 13.8. The first-order valence-electron chi connectivity index (χ1n) is 8.08. The van der Waals surface area contributed by atoms with Gasteiger partial charge in [-0.25, -0.2) is 4.39 Å². The lowest BCUT2D eigenvalue weighted by atomic mass is 10.0. The highest BCUT2D eigenvalue weighted by molar-refractivity contribution is 7.99. The molecule has 27 heavy (non-hydrogen) atoms. The Balaban J connectivity index is 1.83. The number of carbonyl (C=O) groups is 2. The quantitative estimate of drug-likeness (QED) is 0.640. The second-order valence-corrected chi connectivity index (χ2v) is 6.97. The van der Waals surface area contributed by atoms with Crippen LogP contribution in [-0.4, -0.2) is 39.3 Å². The molecule has 1 atom stereocenters. The summed E-state index contributed by atoms with van der Waals surface area (Å²) in [7, 11) is 0. The molecule has 7 nitrogen and oxygen atoms in total. The van der Waals surface area contributed by atoms with E-state index in [4.69, 9.17) is 0 Å². The molecule has 0 aliphatic carbocycles. The molecule has 0 bridgehead atoms. The highest BCUT2D eigenvalue weighted by Crippen LogP contribution is 2.28. The lowest BCUT2D eigenvalue weighted by Crippen LogP contribution is -2.44. The second kappa shape index (κ2) is 7.75. The van der Waals surface area contributed by atoms with Crippen LogP contribution < -0.4 is 5.32 Å². The Labute approximate surface area is 158 Å². The van der Waals surface area contributed by atoms with Crippen molar-refractivity contribution in [2.24, 2.45) is 0 Å². The predicted molar refractivity (Wildman–Crippen MR) is 100 cm³/mol. The van der Waals surface area contributed by atoms with Crippen LogP contribution in [0.4, 0.5) is 15.8 Å². The van der Waals surface area contributed by atoms with Gasteiger partial charge in [-0.15, -0.1) is 11.8 Å². The topological polar surface area (TPSA) is 92.6 Å². The van der Waals surface area contributed by atoms with Crippen LogP contribution >= 0.6 is 11.8 Å². The van der Waals surface area contributed by atoms with E-state index in [9.17, 15) is 24.1 Å². The van der Waals surface area contributed by atoms with Gasteiger partial charge in [-0.1, -0.05) is 18.2 Å². The Morgan fingerprint density at radius 1 is 1.26 bits per heavy atom. The van der Waals surface area contributed by atoms with Crippen LogP contribution in [0.1, 0.15) is 15.9 Å². The summed E-state index contributed by atoms with van der Waals surface area (Å²) in [4.78, 5) is 37.4. The molecule has 1 aliphatic heterocycles. The second-order valence-electron chi connectivity index (χ2n) is 5.97. The number of para-hydroxylation sites is 1. The number of hydrogen-bond acceptors (Lipinski definition) is 5. The van der Waals surface area contributed by atoms with E-state index in [0.717, 1.165) is 0 Å². The third kappa shape index (κ3) is 3.77. The number of anilines is 1. The normalized spacial score (nSPS) is 16.2. The van der Waals surface area contributed by atoms with Crippen molar-refractivity contribution in [1.29, 1.82) is 0 Å². The molecule has 0 saturated carbocycles. The van der Waals surface area contributed by atoms with Crippen molar-refractivity contribution in [1.82, 2.24) is 4.90 Å². The maximum absolute atomic E-state index is 13.8. The molecule has 0 aromatic heterocycles. The van der Waals surface area contributed by atoms with E-state index in [2.05, 4.69) is 5.32 Å². The van der Waals surface area contributed by atoms with E-state index in [1.807, 2.05) is 0 Å². The molecule has 1 fully saturated rings. The summed E-state index contributed by atoms with van der Waals surface area (Å²) in [5.74, 6) is -0.892. The molecule has 0 spiro atoms. The van der Waals surface area contributed by atoms with Crippen LogP contribution in [-0.2, 0) is 4.79 Å². The standard InChI is InChI=1S/C18H16FN3O4S/c1-11-12(5-4-8-15(11)22(25)26)18(24)21-10-27-9-16(21)17(23)20-14-7-3-2-6-13(14)19/h2-8,16H,9-10H2,1H3,(H,20,23)/t16-/m1/s1. The third-order valence-electron chi connectivity index (χ3n) is 4.31. The summed E-state index contributed by atoms with van der Waals surface area (Å²) in [5.41, 5.74) is 0.312. The number of halogens is 1.